The molecule has 0 radical (unpaired) electrons. The molecule has 1 amide bonds. The molecule has 1 aliphatic rings. The lowest BCUT2D eigenvalue weighted by atomic mass is 10.2. The number of carbonyl (C=O) groups is 1. The molecule has 0 atom stereocenters. The Balaban J connectivity index is 1.48. The third-order valence-corrected chi connectivity index (χ3v) is 5.51. The monoisotopic (exact) mass is 351 g/mol. The molecule has 0 unspecified atom stereocenters. The Bertz CT molecular complexity index is 853. The number of aromatic nitrogens is 2. The number of nitrogens with one attached hydrogen (secondary N) is 1. The van der Waals surface area contributed by atoms with E-state index in [0.29, 0.717) is 6.42 Å². The van der Waals surface area contributed by atoms with Gasteiger partial charge in [0, 0.05) is 16.9 Å². The van der Waals surface area contributed by atoms with Gasteiger partial charge in [-0.2, -0.15) is 5.10 Å². The van der Waals surface area contributed by atoms with Gasteiger partial charge in [0.05, 0.1) is 11.4 Å². The topological polar surface area (TPSA) is 46.9 Å². The fraction of sp³-hybridized carbons (Fsp3) is 0.300. The summed E-state index contributed by atoms with van der Waals surface area (Å²) in [5.74, 6) is 0.933. The first-order valence-corrected chi connectivity index (χ1v) is 9.67. The van der Waals surface area contributed by atoms with E-state index in [1.165, 1.54) is 10.4 Å². The Hall–Kier alpha value is -2.40. The Morgan fingerprint density at radius 1 is 1.16 bits per heavy atom. The number of hydrogen-bond acceptors (Lipinski definition) is 3. The van der Waals surface area contributed by atoms with Crippen molar-refractivity contribution in [2.75, 3.05) is 5.32 Å². The third kappa shape index (κ3) is 3.51. The molecule has 4 nitrogen and oxygen atoms in total. The van der Waals surface area contributed by atoms with E-state index in [4.69, 9.17) is 5.10 Å². The van der Waals surface area contributed by atoms with E-state index < -0.39 is 0 Å². The van der Waals surface area contributed by atoms with Crippen molar-refractivity contribution in [2.24, 2.45) is 0 Å². The van der Waals surface area contributed by atoms with Crippen molar-refractivity contribution in [1.82, 2.24) is 9.78 Å². The van der Waals surface area contributed by atoms with E-state index in [1.54, 1.807) is 11.3 Å². The Morgan fingerprint density at radius 2 is 2.04 bits per heavy atom. The summed E-state index contributed by atoms with van der Waals surface area (Å²) in [7, 11) is 0. The second-order valence-electron chi connectivity index (χ2n) is 6.36. The Labute approximate surface area is 151 Å². The van der Waals surface area contributed by atoms with Crippen LogP contribution in [0.15, 0.2) is 47.8 Å². The molecule has 25 heavy (non-hydrogen) atoms. The van der Waals surface area contributed by atoms with Crippen LogP contribution in [0.3, 0.4) is 0 Å². The molecular formula is C20H21N3OS. The number of hydrogen-bond donors (Lipinski definition) is 1. The van der Waals surface area contributed by atoms with Crippen LogP contribution in [0.25, 0.3) is 5.69 Å². The Kier molecular flexibility index (Phi) is 4.65. The van der Waals surface area contributed by atoms with Crippen LogP contribution in [-0.2, 0) is 24.1 Å². The van der Waals surface area contributed by atoms with Gasteiger partial charge in [0.1, 0.15) is 5.82 Å². The van der Waals surface area contributed by atoms with Gasteiger partial charge < -0.3 is 5.32 Å². The van der Waals surface area contributed by atoms with Gasteiger partial charge in [0.15, 0.2) is 0 Å². The van der Waals surface area contributed by atoms with Crippen molar-refractivity contribution < 1.29 is 4.79 Å². The van der Waals surface area contributed by atoms with Crippen LogP contribution in [0.2, 0.25) is 0 Å². The molecule has 0 spiro atoms. The number of aryl methyl sites for hydroxylation is 2. The average molecular weight is 351 g/mol. The van der Waals surface area contributed by atoms with Gasteiger partial charge in [0.25, 0.3) is 0 Å². The van der Waals surface area contributed by atoms with E-state index in [0.717, 1.165) is 49.3 Å². The van der Waals surface area contributed by atoms with Crippen LogP contribution < -0.4 is 5.32 Å². The molecule has 2 aromatic heterocycles. The van der Waals surface area contributed by atoms with Crippen molar-refractivity contribution in [3.63, 3.8) is 0 Å². The molecule has 1 aliphatic carbocycles. The standard InChI is InChI=1S/C20H21N3OS/c24-19(13-4-9-16-10-6-14-25-16)21-20-17-11-5-12-18(17)22-23(20)15-7-2-1-3-8-15/h1-3,6-8,10,14H,4-5,9,11-13H2,(H,21,24). The first-order valence-electron chi connectivity index (χ1n) is 8.80. The summed E-state index contributed by atoms with van der Waals surface area (Å²) in [6, 6.07) is 14.2. The smallest absolute Gasteiger partial charge is 0.225 e. The van der Waals surface area contributed by atoms with Crippen LogP contribution >= 0.6 is 11.3 Å². The number of fused-ring (bicyclic) bond motifs is 1. The molecular weight excluding hydrogens is 330 g/mol. The number of benzene rings is 1. The normalized spacial score (nSPS) is 13.0. The minimum Gasteiger partial charge on any atom is -0.310 e. The molecule has 0 fully saturated rings. The molecule has 0 saturated carbocycles. The summed E-state index contributed by atoms with van der Waals surface area (Å²) >= 11 is 1.75. The minimum atomic E-state index is 0.0725. The molecule has 3 aromatic rings. The van der Waals surface area contributed by atoms with E-state index in [1.807, 2.05) is 35.0 Å². The molecule has 1 N–H and O–H groups in total. The molecule has 0 aliphatic heterocycles. The molecule has 1 aromatic carbocycles. The van der Waals surface area contributed by atoms with Crippen LogP contribution in [0.4, 0.5) is 5.82 Å². The quantitative estimate of drug-likeness (QED) is 0.716. The highest BCUT2D eigenvalue weighted by atomic mass is 32.1. The number of anilines is 1. The Morgan fingerprint density at radius 3 is 2.84 bits per heavy atom. The lowest BCUT2D eigenvalue weighted by molar-refractivity contribution is -0.116. The first-order chi connectivity index (χ1) is 12.3. The maximum atomic E-state index is 12.5. The van der Waals surface area contributed by atoms with Crippen molar-refractivity contribution in [3.05, 3.63) is 64.0 Å². The van der Waals surface area contributed by atoms with Gasteiger partial charge in [-0.3, -0.25) is 4.79 Å². The third-order valence-electron chi connectivity index (χ3n) is 4.57. The van der Waals surface area contributed by atoms with Crippen molar-refractivity contribution >= 4 is 23.1 Å². The van der Waals surface area contributed by atoms with Gasteiger partial charge in [-0.25, -0.2) is 4.68 Å². The van der Waals surface area contributed by atoms with Crippen molar-refractivity contribution in [2.45, 2.75) is 38.5 Å². The summed E-state index contributed by atoms with van der Waals surface area (Å²) < 4.78 is 1.89. The number of para-hydroxylation sites is 1. The summed E-state index contributed by atoms with van der Waals surface area (Å²) in [5.41, 5.74) is 3.32. The highest BCUT2D eigenvalue weighted by molar-refractivity contribution is 7.09. The number of nitrogens with zero attached hydrogens (tertiary/aromatic N) is 2. The van der Waals surface area contributed by atoms with E-state index in [9.17, 15) is 4.79 Å². The highest BCUT2D eigenvalue weighted by Gasteiger charge is 2.24. The van der Waals surface area contributed by atoms with Crippen LogP contribution in [0.1, 0.15) is 35.4 Å². The maximum Gasteiger partial charge on any atom is 0.225 e. The summed E-state index contributed by atoms with van der Waals surface area (Å²) in [6.07, 6.45) is 5.47. The minimum absolute atomic E-state index is 0.0725. The number of amides is 1. The molecule has 4 rings (SSSR count). The molecule has 0 saturated heterocycles. The SMILES string of the molecule is O=C(CCCc1cccs1)Nc1c2c(nn1-c1ccccc1)CCC2. The predicted molar refractivity (Wildman–Crippen MR) is 101 cm³/mol. The molecule has 0 bridgehead atoms. The lowest BCUT2D eigenvalue weighted by Gasteiger charge is -2.11. The lowest BCUT2D eigenvalue weighted by Crippen LogP contribution is -2.16. The first kappa shape index (κ1) is 16.1. The van der Waals surface area contributed by atoms with Gasteiger partial charge in [-0.15, -0.1) is 11.3 Å². The number of thiophene rings is 1. The summed E-state index contributed by atoms with van der Waals surface area (Å²) in [6.45, 7) is 0. The van der Waals surface area contributed by atoms with Crippen LogP contribution in [0.5, 0.6) is 0 Å². The number of rotatable bonds is 6. The second kappa shape index (κ2) is 7.23. The van der Waals surface area contributed by atoms with Crippen molar-refractivity contribution in [3.8, 4) is 5.69 Å². The largest absolute Gasteiger partial charge is 0.310 e. The predicted octanol–water partition coefficient (Wildman–Crippen LogP) is 4.38. The fourth-order valence-electron chi connectivity index (χ4n) is 3.35. The van der Waals surface area contributed by atoms with E-state index in [-0.39, 0.29) is 5.91 Å². The molecule has 2 heterocycles. The zero-order chi connectivity index (χ0) is 17.1. The van der Waals surface area contributed by atoms with Crippen molar-refractivity contribution in [1.29, 1.82) is 0 Å². The van der Waals surface area contributed by atoms with Gasteiger partial charge in [-0.05, 0) is 55.7 Å². The summed E-state index contributed by atoms with van der Waals surface area (Å²) in [5, 5.41) is 9.95. The fourth-order valence-corrected chi connectivity index (χ4v) is 4.10. The zero-order valence-corrected chi connectivity index (χ0v) is 14.9. The van der Waals surface area contributed by atoms with E-state index >= 15 is 0 Å². The summed E-state index contributed by atoms with van der Waals surface area (Å²) in [4.78, 5) is 13.8. The zero-order valence-electron chi connectivity index (χ0n) is 14.1. The van der Waals surface area contributed by atoms with Gasteiger partial charge in [-0.1, -0.05) is 24.3 Å². The van der Waals surface area contributed by atoms with Gasteiger partial charge in [0.2, 0.25) is 5.91 Å². The highest BCUT2D eigenvalue weighted by Crippen LogP contribution is 2.31. The maximum absolute atomic E-state index is 12.5. The second-order valence-corrected chi connectivity index (χ2v) is 7.39. The molecule has 128 valence electrons. The van der Waals surface area contributed by atoms with Crippen LogP contribution in [-0.4, -0.2) is 15.7 Å². The van der Waals surface area contributed by atoms with Crippen LogP contribution in [0, 0.1) is 0 Å². The van der Waals surface area contributed by atoms with Gasteiger partial charge >= 0.3 is 0 Å². The molecule has 5 heteroatoms. The average Bonchev–Trinajstić information content (AvgIpc) is 3.35. The number of carbonyl (C=O) groups excluding carboxylic acids is 1. The van der Waals surface area contributed by atoms with E-state index in [2.05, 4.69) is 22.8 Å².